The Kier molecular flexibility index (Phi) is 7.34. The fourth-order valence-electron chi connectivity index (χ4n) is 5.09. The van der Waals surface area contributed by atoms with Crippen molar-refractivity contribution in [3.63, 3.8) is 0 Å². The van der Waals surface area contributed by atoms with E-state index in [9.17, 15) is 9.59 Å². The van der Waals surface area contributed by atoms with Crippen LogP contribution in [0.5, 0.6) is 5.75 Å². The van der Waals surface area contributed by atoms with Crippen molar-refractivity contribution in [2.45, 2.75) is 39.4 Å². The molecule has 1 saturated heterocycles. The number of hydrogen-bond acceptors (Lipinski definition) is 7. The fourth-order valence-corrected chi connectivity index (χ4v) is 5.09. The smallest absolute Gasteiger partial charge is 0.273 e. The standard InChI is InChI=1S/C28H35N5O4/c1-19(2)36-27-7-5-4-6-25(27)32-14-12-31(13-15-32)18-23-17-24(30-37-23)28(35)29-22-9-8-21-10-11-33(20(3)34)26(21)16-22/h4-9,16-17,19,23,30H,10-15,18H2,1-3H3,(H,29,35). The molecule has 1 unspecified atom stereocenters. The van der Waals surface area contributed by atoms with E-state index in [0.717, 1.165) is 55.3 Å². The van der Waals surface area contributed by atoms with E-state index >= 15 is 0 Å². The highest BCUT2D eigenvalue weighted by molar-refractivity contribution is 6.04. The molecule has 2 N–H and O–H groups in total. The summed E-state index contributed by atoms with van der Waals surface area (Å²) in [6.45, 7) is 10.6. The zero-order chi connectivity index (χ0) is 25.9. The lowest BCUT2D eigenvalue weighted by molar-refractivity contribution is -0.116. The molecule has 0 aliphatic carbocycles. The van der Waals surface area contributed by atoms with E-state index in [-0.39, 0.29) is 24.0 Å². The van der Waals surface area contributed by atoms with Crippen LogP contribution in [-0.4, -0.2) is 68.2 Å². The number of amides is 2. The maximum Gasteiger partial charge on any atom is 0.273 e. The van der Waals surface area contributed by atoms with Gasteiger partial charge in [0.05, 0.1) is 11.8 Å². The molecule has 37 heavy (non-hydrogen) atoms. The quantitative estimate of drug-likeness (QED) is 0.599. The van der Waals surface area contributed by atoms with E-state index in [2.05, 4.69) is 26.7 Å². The minimum absolute atomic E-state index is 0.00701. The van der Waals surface area contributed by atoms with Gasteiger partial charge in [0.15, 0.2) is 0 Å². The van der Waals surface area contributed by atoms with Crippen molar-refractivity contribution in [1.29, 1.82) is 0 Å². The minimum atomic E-state index is -0.263. The van der Waals surface area contributed by atoms with Crippen LogP contribution in [0.25, 0.3) is 0 Å². The van der Waals surface area contributed by atoms with Crippen LogP contribution in [0.15, 0.2) is 54.2 Å². The number of benzene rings is 2. The highest BCUT2D eigenvalue weighted by Gasteiger charge is 2.27. The molecule has 0 spiro atoms. The predicted octanol–water partition coefficient (Wildman–Crippen LogP) is 2.93. The van der Waals surface area contributed by atoms with Gasteiger partial charge in [0.2, 0.25) is 5.91 Å². The van der Waals surface area contributed by atoms with Crippen molar-refractivity contribution in [3.05, 3.63) is 59.8 Å². The van der Waals surface area contributed by atoms with Gasteiger partial charge in [-0.15, -0.1) is 0 Å². The number of anilines is 3. The molecule has 3 aliphatic heterocycles. The van der Waals surface area contributed by atoms with Gasteiger partial charge in [0.1, 0.15) is 17.6 Å². The summed E-state index contributed by atoms with van der Waals surface area (Å²) >= 11 is 0. The van der Waals surface area contributed by atoms with E-state index in [0.29, 0.717) is 24.5 Å². The third-order valence-electron chi connectivity index (χ3n) is 6.92. The summed E-state index contributed by atoms with van der Waals surface area (Å²) in [5, 5.41) is 2.92. The number of hydroxylamine groups is 1. The lowest BCUT2D eigenvalue weighted by Crippen LogP contribution is -2.48. The summed E-state index contributed by atoms with van der Waals surface area (Å²) in [4.78, 5) is 36.9. The highest BCUT2D eigenvalue weighted by Crippen LogP contribution is 2.32. The van der Waals surface area contributed by atoms with Gasteiger partial charge < -0.3 is 19.9 Å². The number of carbonyl (C=O) groups is 2. The van der Waals surface area contributed by atoms with Gasteiger partial charge >= 0.3 is 0 Å². The number of nitrogens with zero attached hydrogens (tertiary/aromatic N) is 3. The summed E-state index contributed by atoms with van der Waals surface area (Å²) in [6, 6.07) is 13.9. The number of carbonyl (C=O) groups excluding carboxylic acids is 2. The zero-order valence-electron chi connectivity index (χ0n) is 21.7. The highest BCUT2D eigenvalue weighted by atomic mass is 16.7. The third-order valence-corrected chi connectivity index (χ3v) is 6.92. The van der Waals surface area contributed by atoms with Gasteiger partial charge in [-0.1, -0.05) is 18.2 Å². The Hall–Kier alpha value is -3.56. The van der Waals surface area contributed by atoms with Gasteiger partial charge in [-0.3, -0.25) is 24.8 Å². The molecule has 0 aromatic heterocycles. The van der Waals surface area contributed by atoms with E-state index in [4.69, 9.17) is 9.57 Å². The first-order chi connectivity index (χ1) is 17.9. The molecule has 1 atom stereocenters. The van der Waals surface area contributed by atoms with Crippen molar-refractivity contribution in [2.75, 3.05) is 54.4 Å². The number of hydrogen-bond donors (Lipinski definition) is 2. The molecule has 0 saturated carbocycles. The topological polar surface area (TPSA) is 86.4 Å². The number of rotatable bonds is 7. The second-order valence-electron chi connectivity index (χ2n) is 9.98. The predicted molar refractivity (Wildman–Crippen MR) is 144 cm³/mol. The largest absolute Gasteiger partial charge is 0.489 e. The Morgan fingerprint density at radius 3 is 2.62 bits per heavy atom. The van der Waals surface area contributed by atoms with Gasteiger partial charge in [0.25, 0.3) is 5.91 Å². The number of fused-ring (bicyclic) bond motifs is 1. The average Bonchev–Trinajstić information content (AvgIpc) is 3.52. The van der Waals surface area contributed by atoms with Gasteiger partial charge in [0, 0.05) is 57.6 Å². The molecule has 0 bridgehead atoms. The van der Waals surface area contributed by atoms with Crippen molar-refractivity contribution < 1.29 is 19.2 Å². The Morgan fingerprint density at radius 1 is 1.08 bits per heavy atom. The van der Waals surface area contributed by atoms with Crippen LogP contribution in [0, 0.1) is 0 Å². The first-order valence-electron chi connectivity index (χ1n) is 13.0. The summed E-state index contributed by atoms with van der Waals surface area (Å²) < 4.78 is 6.00. The second-order valence-corrected chi connectivity index (χ2v) is 9.98. The molecule has 1 fully saturated rings. The van der Waals surface area contributed by atoms with Crippen molar-refractivity contribution >= 4 is 28.9 Å². The molecular weight excluding hydrogens is 470 g/mol. The molecule has 5 rings (SSSR count). The lowest BCUT2D eigenvalue weighted by atomic mass is 10.1. The molecule has 2 amide bonds. The third kappa shape index (κ3) is 5.73. The number of ether oxygens (including phenoxy) is 1. The Balaban J connectivity index is 1.14. The Labute approximate surface area is 218 Å². The van der Waals surface area contributed by atoms with E-state index in [1.165, 1.54) is 0 Å². The molecule has 0 radical (unpaired) electrons. The summed E-state index contributed by atoms with van der Waals surface area (Å²) in [6.07, 6.45) is 2.59. The molecule has 9 nitrogen and oxygen atoms in total. The van der Waals surface area contributed by atoms with E-state index in [1.807, 2.05) is 56.3 Å². The number of piperazine rings is 1. The van der Waals surface area contributed by atoms with Crippen LogP contribution in [0.1, 0.15) is 26.3 Å². The maximum atomic E-state index is 12.8. The SMILES string of the molecule is CC(=O)N1CCc2ccc(NC(=O)C3=CC(CN4CCN(c5ccccc5OC(C)C)CC4)ON3)cc21. The molecule has 3 aliphatic rings. The van der Waals surface area contributed by atoms with Crippen LogP contribution in [0.4, 0.5) is 17.1 Å². The normalized spacial score (nSPS) is 19.5. The van der Waals surface area contributed by atoms with Crippen molar-refractivity contribution in [1.82, 2.24) is 10.4 Å². The summed E-state index contributed by atoms with van der Waals surface area (Å²) in [5.74, 6) is 0.666. The Bertz CT molecular complexity index is 1190. The number of para-hydroxylation sites is 2. The van der Waals surface area contributed by atoms with Gasteiger partial charge in [-0.05, 0) is 56.2 Å². The number of nitrogens with one attached hydrogen (secondary N) is 2. The van der Waals surface area contributed by atoms with Crippen molar-refractivity contribution in [3.8, 4) is 5.75 Å². The molecular formula is C28H35N5O4. The van der Waals surface area contributed by atoms with Gasteiger partial charge in [-0.2, -0.15) is 0 Å². The van der Waals surface area contributed by atoms with Crippen LogP contribution in [0.2, 0.25) is 0 Å². The van der Waals surface area contributed by atoms with Crippen LogP contribution < -0.4 is 25.3 Å². The van der Waals surface area contributed by atoms with E-state index < -0.39 is 0 Å². The molecule has 2 aromatic carbocycles. The molecule has 3 heterocycles. The zero-order valence-corrected chi connectivity index (χ0v) is 21.7. The monoisotopic (exact) mass is 505 g/mol. The summed E-state index contributed by atoms with van der Waals surface area (Å²) in [5.41, 5.74) is 6.95. The second kappa shape index (κ2) is 10.8. The van der Waals surface area contributed by atoms with Crippen LogP contribution in [-0.2, 0) is 20.8 Å². The van der Waals surface area contributed by atoms with Crippen LogP contribution >= 0.6 is 0 Å². The van der Waals surface area contributed by atoms with E-state index in [1.54, 1.807) is 11.8 Å². The fraction of sp³-hybridized carbons (Fsp3) is 0.429. The Morgan fingerprint density at radius 2 is 1.86 bits per heavy atom. The first-order valence-corrected chi connectivity index (χ1v) is 13.0. The maximum absolute atomic E-state index is 12.8. The first kappa shape index (κ1) is 25.1. The average molecular weight is 506 g/mol. The molecule has 196 valence electrons. The minimum Gasteiger partial charge on any atom is -0.489 e. The van der Waals surface area contributed by atoms with Crippen molar-refractivity contribution in [2.24, 2.45) is 0 Å². The molecule has 9 heteroatoms. The van der Waals surface area contributed by atoms with Crippen LogP contribution in [0.3, 0.4) is 0 Å². The van der Waals surface area contributed by atoms with Gasteiger partial charge in [-0.25, -0.2) is 0 Å². The lowest BCUT2D eigenvalue weighted by Gasteiger charge is -2.37. The summed E-state index contributed by atoms with van der Waals surface area (Å²) in [7, 11) is 0. The molecule has 2 aromatic rings.